The van der Waals surface area contributed by atoms with E-state index in [9.17, 15) is 5.11 Å². The predicted molar refractivity (Wildman–Crippen MR) is 60.9 cm³/mol. The SMILES string of the molecule is CC(C)C(C)(O)Cn1cc(CCCO)nn1. The van der Waals surface area contributed by atoms with Gasteiger partial charge in [0.05, 0.1) is 17.8 Å². The molecule has 0 saturated carbocycles. The van der Waals surface area contributed by atoms with Crippen molar-refractivity contribution in [3.8, 4) is 0 Å². The van der Waals surface area contributed by atoms with Gasteiger partial charge in [-0.1, -0.05) is 19.1 Å². The van der Waals surface area contributed by atoms with Crippen LogP contribution in [0.5, 0.6) is 0 Å². The Balaban J connectivity index is 2.58. The van der Waals surface area contributed by atoms with Crippen LogP contribution < -0.4 is 0 Å². The second-order valence-electron chi connectivity index (χ2n) is 4.75. The maximum absolute atomic E-state index is 10.1. The molecule has 5 nitrogen and oxygen atoms in total. The Hall–Kier alpha value is -0.940. The molecule has 1 aromatic rings. The van der Waals surface area contributed by atoms with Crippen LogP contribution in [0.15, 0.2) is 6.20 Å². The van der Waals surface area contributed by atoms with E-state index >= 15 is 0 Å². The number of nitrogens with zero attached hydrogens (tertiary/aromatic N) is 3. The normalized spacial score (nSPS) is 15.4. The Morgan fingerprint density at radius 3 is 2.75 bits per heavy atom. The van der Waals surface area contributed by atoms with E-state index in [-0.39, 0.29) is 12.5 Å². The largest absolute Gasteiger partial charge is 0.396 e. The molecule has 0 radical (unpaired) electrons. The molecule has 1 atom stereocenters. The lowest BCUT2D eigenvalue weighted by atomic mass is 9.93. The molecule has 2 N–H and O–H groups in total. The first-order valence-corrected chi connectivity index (χ1v) is 5.68. The lowest BCUT2D eigenvalue weighted by Gasteiger charge is -2.26. The van der Waals surface area contributed by atoms with Crippen LogP contribution in [-0.2, 0) is 13.0 Å². The number of aliphatic hydroxyl groups is 2. The van der Waals surface area contributed by atoms with Gasteiger partial charge in [0.15, 0.2) is 0 Å². The van der Waals surface area contributed by atoms with E-state index in [4.69, 9.17) is 5.11 Å². The van der Waals surface area contributed by atoms with Crippen molar-refractivity contribution in [1.29, 1.82) is 0 Å². The summed E-state index contributed by atoms with van der Waals surface area (Å²) in [6.07, 6.45) is 3.24. The minimum absolute atomic E-state index is 0.163. The van der Waals surface area contributed by atoms with Crippen molar-refractivity contribution in [3.05, 3.63) is 11.9 Å². The zero-order chi connectivity index (χ0) is 12.2. The summed E-state index contributed by atoms with van der Waals surface area (Å²) < 4.78 is 1.66. The number of aromatic nitrogens is 3. The average molecular weight is 227 g/mol. The second-order valence-corrected chi connectivity index (χ2v) is 4.75. The van der Waals surface area contributed by atoms with Gasteiger partial charge >= 0.3 is 0 Å². The molecule has 16 heavy (non-hydrogen) atoms. The highest BCUT2D eigenvalue weighted by molar-refractivity contribution is 4.93. The van der Waals surface area contributed by atoms with Crippen molar-refractivity contribution in [2.24, 2.45) is 5.92 Å². The molecular formula is C11H21N3O2. The van der Waals surface area contributed by atoms with E-state index in [0.717, 1.165) is 12.1 Å². The summed E-state index contributed by atoms with van der Waals surface area (Å²) in [6, 6.07) is 0. The number of hydrogen-bond acceptors (Lipinski definition) is 4. The highest BCUT2D eigenvalue weighted by Crippen LogP contribution is 2.17. The van der Waals surface area contributed by atoms with Gasteiger partial charge in [-0.15, -0.1) is 5.10 Å². The number of hydrogen-bond donors (Lipinski definition) is 2. The molecule has 0 aromatic carbocycles. The Kier molecular flexibility index (Phi) is 4.44. The van der Waals surface area contributed by atoms with E-state index < -0.39 is 5.60 Å². The zero-order valence-corrected chi connectivity index (χ0v) is 10.2. The van der Waals surface area contributed by atoms with Crippen LogP contribution in [-0.4, -0.2) is 37.4 Å². The summed E-state index contributed by atoms with van der Waals surface area (Å²) >= 11 is 0. The van der Waals surface area contributed by atoms with E-state index in [2.05, 4.69) is 10.3 Å². The Labute approximate surface area is 96.1 Å². The quantitative estimate of drug-likeness (QED) is 0.747. The summed E-state index contributed by atoms with van der Waals surface area (Å²) in [6.45, 7) is 6.35. The smallest absolute Gasteiger partial charge is 0.0838 e. The van der Waals surface area contributed by atoms with Crippen LogP contribution in [0.3, 0.4) is 0 Å². The van der Waals surface area contributed by atoms with E-state index in [1.54, 1.807) is 11.6 Å². The van der Waals surface area contributed by atoms with Gasteiger partial charge in [-0.3, -0.25) is 0 Å². The standard InChI is InChI=1S/C11H21N3O2/c1-9(2)11(3,16)8-14-7-10(12-13-14)5-4-6-15/h7,9,15-16H,4-6,8H2,1-3H3. The fraction of sp³-hybridized carbons (Fsp3) is 0.818. The Bertz CT molecular complexity index is 321. The van der Waals surface area contributed by atoms with Gasteiger partial charge in [-0.05, 0) is 25.7 Å². The summed E-state index contributed by atoms with van der Waals surface area (Å²) in [5, 5.41) is 26.8. The van der Waals surface area contributed by atoms with Gasteiger partial charge < -0.3 is 10.2 Å². The molecule has 0 saturated heterocycles. The summed E-state index contributed by atoms with van der Waals surface area (Å²) in [7, 11) is 0. The molecular weight excluding hydrogens is 206 g/mol. The molecule has 1 unspecified atom stereocenters. The molecule has 0 amide bonds. The highest BCUT2D eigenvalue weighted by atomic mass is 16.3. The zero-order valence-electron chi connectivity index (χ0n) is 10.2. The summed E-state index contributed by atoms with van der Waals surface area (Å²) in [5.74, 6) is 0.164. The van der Waals surface area contributed by atoms with Gasteiger partial charge in [0.2, 0.25) is 0 Å². The van der Waals surface area contributed by atoms with E-state index in [1.807, 2.05) is 20.0 Å². The average Bonchev–Trinajstić information content (AvgIpc) is 2.61. The first-order chi connectivity index (χ1) is 7.45. The number of aryl methyl sites for hydroxylation is 1. The number of aliphatic hydroxyl groups excluding tert-OH is 1. The van der Waals surface area contributed by atoms with Crippen molar-refractivity contribution >= 4 is 0 Å². The Morgan fingerprint density at radius 1 is 1.50 bits per heavy atom. The lowest BCUT2D eigenvalue weighted by Crippen LogP contribution is -2.36. The monoisotopic (exact) mass is 227 g/mol. The molecule has 0 aliphatic rings. The minimum atomic E-state index is -0.776. The van der Waals surface area contributed by atoms with Crippen molar-refractivity contribution in [1.82, 2.24) is 15.0 Å². The lowest BCUT2D eigenvalue weighted by molar-refractivity contribution is -0.00611. The van der Waals surface area contributed by atoms with Crippen LogP contribution in [0, 0.1) is 5.92 Å². The first kappa shape index (κ1) is 13.1. The third-order valence-electron chi connectivity index (χ3n) is 2.90. The van der Waals surface area contributed by atoms with Crippen molar-refractivity contribution < 1.29 is 10.2 Å². The molecule has 0 fully saturated rings. The van der Waals surface area contributed by atoms with Crippen LogP contribution >= 0.6 is 0 Å². The Morgan fingerprint density at radius 2 is 2.19 bits per heavy atom. The molecule has 92 valence electrons. The van der Waals surface area contributed by atoms with Crippen LogP contribution in [0.2, 0.25) is 0 Å². The first-order valence-electron chi connectivity index (χ1n) is 5.68. The fourth-order valence-corrected chi connectivity index (χ4v) is 1.30. The van der Waals surface area contributed by atoms with Gasteiger partial charge in [0.1, 0.15) is 0 Å². The van der Waals surface area contributed by atoms with Crippen molar-refractivity contribution in [3.63, 3.8) is 0 Å². The van der Waals surface area contributed by atoms with Crippen molar-refractivity contribution in [2.45, 2.75) is 45.8 Å². The van der Waals surface area contributed by atoms with E-state index in [1.165, 1.54) is 0 Å². The van der Waals surface area contributed by atoms with Gasteiger partial charge in [-0.25, -0.2) is 4.68 Å². The predicted octanol–water partition coefficient (Wildman–Crippen LogP) is 0.610. The molecule has 0 bridgehead atoms. The molecule has 1 heterocycles. The van der Waals surface area contributed by atoms with Gasteiger partial charge in [0, 0.05) is 12.8 Å². The molecule has 1 aromatic heterocycles. The molecule has 5 heteroatoms. The second kappa shape index (κ2) is 5.41. The maximum Gasteiger partial charge on any atom is 0.0838 e. The summed E-state index contributed by atoms with van der Waals surface area (Å²) in [5.41, 5.74) is 0.0793. The van der Waals surface area contributed by atoms with Crippen LogP contribution in [0.1, 0.15) is 32.9 Å². The maximum atomic E-state index is 10.1. The molecule has 0 aliphatic carbocycles. The van der Waals surface area contributed by atoms with E-state index in [0.29, 0.717) is 13.0 Å². The van der Waals surface area contributed by atoms with Crippen molar-refractivity contribution in [2.75, 3.05) is 6.61 Å². The summed E-state index contributed by atoms with van der Waals surface area (Å²) in [4.78, 5) is 0. The highest BCUT2D eigenvalue weighted by Gasteiger charge is 2.25. The van der Waals surface area contributed by atoms with Gasteiger partial charge in [-0.2, -0.15) is 0 Å². The minimum Gasteiger partial charge on any atom is -0.396 e. The third kappa shape index (κ3) is 3.57. The molecule has 0 aliphatic heterocycles. The third-order valence-corrected chi connectivity index (χ3v) is 2.90. The van der Waals surface area contributed by atoms with Crippen LogP contribution in [0.25, 0.3) is 0 Å². The molecule has 0 spiro atoms. The number of rotatable bonds is 6. The van der Waals surface area contributed by atoms with Gasteiger partial charge in [0.25, 0.3) is 0 Å². The topological polar surface area (TPSA) is 71.2 Å². The molecule has 1 rings (SSSR count). The fourth-order valence-electron chi connectivity index (χ4n) is 1.30. The van der Waals surface area contributed by atoms with Crippen LogP contribution in [0.4, 0.5) is 0 Å².